The van der Waals surface area contributed by atoms with Gasteiger partial charge in [0.2, 0.25) is 0 Å². The van der Waals surface area contributed by atoms with Crippen LogP contribution in [-0.4, -0.2) is 34.5 Å². The first-order valence-electron chi connectivity index (χ1n) is 10.7. The van der Waals surface area contributed by atoms with Gasteiger partial charge in [0.1, 0.15) is 16.9 Å². The van der Waals surface area contributed by atoms with E-state index in [9.17, 15) is 0 Å². The minimum absolute atomic E-state index is 0.418. The Bertz CT molecular complexity index is 1610. The van der Waals surface area contributed by atoms with Gasteiger partial charge in [-0.3, -0.25) is 4.57 Å². The average Bonchev–Trinajstić information content (AvgIpc) is 3.46. The van der Waals surface area contributed by atoms with Crippen molar-refractivity contribution in [2.24, 2.45) is 0 Å². The molecule has 0 saturated carbocycles. The minimum atomic E-state index is 0.418. The van der Waals surface area contributed by atoms with Gasteiger partial charge in [-0.05, 0) is 60.5 Å². The van der Waals surface area contributed by atoms with E-state index in [1.165, 1.54) is 5.56 Å². The van der Waals surface area contributed by atoms with E-state index in [1.807, 2.05) is 53.1 Å². The summed E-state index contributed by atoms with van der Waals surface area (Å²) >= 11 is 0. The molecule has 0 unspecified atom stereocenters. The molecule has 0 aliphatic heterocycles. The zero-order valence-corrected chi connectivity index (χ0v) is 17.9. The molecule has 8 heteroatoms. The Morgan fingerprint density at radius 1 is 0.848 bits per heavy atom. The number of hydrogen-bond acceptors (Lipinski definition) is 6. The lowest BCUT2D eigenvalue weighted by Gasteiger charge is -2.11. The zero-order valence-electron chi connectivity index (χ0n) is 17.9. The topological polar surface area (TPSA) is 100 Å². The Morgan fingerprint density at radius 2 is 1.70 bits per heavy atom. The molecule has 2 aromatic carbocycles. The van der Waals surface area contributed by atoms with Crippen molar-refractivity contribution >= 4 is 28.0 Å². The van der Waals surface area contributed by atoms with Crippen LogP contribution in [0.3, 0.4) is 0 Å². The van der Waals surface area contributed by atoms with Gasteiger partial charge in [0.05, 0.1) is 11.1 Å². The van der Waals surface area contributed by atoms with E-state index in [0.29, 0.717) is 23.1 Å². The number of para-hydroxylation sites is 1. The van der Waals surface area contributed by atoms with Crippen LogP contribution in [0.4, 0.5) is 5.82 Å². The number of hydrogen-bond donors (Lipinski definition) is 1. The first-order chi connectivity index (χ1) is 16.2. The number of nitrogens with zero attached hydrogens (tertiary/aromatic N) is 7. The van der Waals surface area contributed by atoms with E-state index in [2.05, 4.69) is 46.5 Å². The van der Waals surface area contributed by atoms with Crippen molar-refractivity contribution in [1.29, 1.82) is 0 Å². The second-order valence-corrected chi connectivity index (χ2v) is 7.73. The molecule has 6 rings (SSSR count). The lowest BCUT2D eigenvalue weighted by Crippen LogP contribution is -2.04. The van der Waals surface area contributed by atoms with Crippen molar-refractivity contribution in [3.63, 3.8) is 0 Å². The lowest BCUT2D eigenvalue weighted by atomic mass is 10.1. The minimum Gasteiger partial charge on any atom is -0.383 e. The zero-order chi connectivity index (χ0) is 22.4. The van der Waals surface area contributed by atoms with Gasteiger partial charge in [0, 0.05) is 11.9 Å². The molecule has 0 atom stereocenters. The molecule has 0 bridgehead atoms. The highest BCUT2D eigenvalue weighted by atomic mass is 15.4. The van der Waals surface area contributed by atoms with Gasteiger partial charge >= 0.3 is 0 Å². The van der Waals surface area contributed by atoms with Gasteiger partial charge in [0.15, 0.2) is 17.3 Å². The number of benzene rings is 2. The molecule has 8 nitrogen and oxygen atoms in total. The highest BCUT2D eigenvalue weighted by molar-refractivity contribution is 5.84. The number of anilines is 1. The standard InChI is InChI=1S/C25H20N8/c1-2-16-9-11-17(12-10-16)32-24(18-6-5-15-27-23(18)26)28-20-13-14-22(29-25(20)32)33-21-8-4-3-7-19(21)30-31-33/h3-15H,2H2,1H3,(H2,26,27). The Labute approximate surface area is 189 Å². The molecule has 2 N–H and O–H groups in total. The third-order valence-electron chi connectivity index (χ3n) is 5.74. The lowest BCUT2D eigenvalue weighted by molar-refractivity contribution is 0.803. The molecule has 0 amide bonds. The van der Waals surface area contributed by atoms with Crippen molar-refractivity contribution in [1.82, 2.24) is 34.5 Å². The summed E-state index contributed by atoms with van der Waals surface area (Å²) in [6, 6.07) is 23.8. The summed E-state index contributed by atoms with van der Waals surface area (Å²) < 4.78 is 3.76. The summed E-state index contributed by atoms with van der Waals surface area (Å²) in [5.41, 5.74) is 12.3. The Hall–Kier alpha value is -4.59. The van der Waals surface area contributed by atoms with Crippen molar-refractivity contribution in [2.75, 3.05) is 5.73 Å². The molecule has 4 heterocycles. The fraction of sp³-hybridized carbons (Fsp3) is 0.0800. The van der Waals surface area contributed by atoms with Gasteiger partial charge in [-0.2, -0.15) is 4.68 Å². The van der Waals surface area contributed by atoms with E-state index in [0.717, 1.165) is 34.2 Å². The van der Waals surface area contributed by atoms with Crippen molar-refractivity contribution < 1.29 is 0 Å². The van der Waals surface area contributed by atoms with Crippen LogP contribution in [0.2, 0.25) is 0 Å². The Balaban J connectivity index is 1.63. The number of nitrogen functional groups attached to an aromatic ring is 1. The SMILES string of the molecule is CCc1ccc(-n2c(-c3cccnc3N)nc3ccc(-n4nnc5ccccc54)nc32)cc1. The van der Waals surface area contributed by atoms with Crippen LogP contribution in [-0.2, 0) is 6.42 Å². The molecule has 4 aromatic heterocycles. The van der Waals surface area contributed by atoms with Crippen LogP contribution >= 0.6 is 0 Å². The van der Waals surface area contributed by atoms with Gasteiger partial charge in [-0.1, -0.05) is 36.4 Å². The highest BCUT2D eigenvalue weighted by Gasteiger charge is 2.19. The first-order valence-corrected chi connectivity index (χ1v) is 10.7. The molecule has 0 aliphatic rings. The summed E-state index contributed by atoms with van der Waals surface area (Å²) in [6.07, 6.45) is 2.64. The van der Waals surface area contributed by atoms with E-state index in [1.54, 1.807) is 10.9 Å². The monoisotopic (exact) mass is 432 g/mol. The highest BCUT2D eigenvalue weighted by Crippen LogP contribution is 2.31. The van der Waals surface area contributed by atoms with Gasteiger partial charge < -0.3 is 5.73 Å². The third kappa shape index (κ3) is 3.11. The number of fused-ring (bicyclic) bond motifs is 2. The Morgan fingerprint density at radius 3 is 2.52 bits per heavy atom. The largest absolute Gasteiger partial charge is 0.383 e. The van der Waals surface area contributed by atoms with E-state index in [4.69, 9.17) is 15.7 Å². The van der Waals surface area contributed by atoms with Gasteiger partial charge in [-0.15, -0.1) is 5.10 Å². The number of aryl methyl sites for hydroxylation is 1. The quantitative estimate of drug-likeness (QED) is 0.444. The van der Waals surface area contributed by atoms with Crippen LogP contribution in [0.15, 0.2) is 79.0 Å². The predicted molar refractivity (Wildman–Crippen MR) is 128 cm³/mol. The van der Waals surface area contributed by atoms with Crippen LogP contribution < -0.4 is 5.73 Å². The summed E-state index contributed by atoms with van der Waals surface area (Å²) in [5, 5.41) is 8.59. The fourth-order valence-corrected chi connectivity index (χ4v) is 4.02. The number of rotatable bonds is 4. The molecule has 6 aromatic rings. The smallest absolute Gasteiger partial charge is 0.167 e. The number of aromatic nitrogens is 7. The second-order valence-electron chi connectivity index (χ2n) is 7.73. The number of pyridine rings is 2. The molecular formula is C25H20N8. The number of nitrogens with two attached hydrogens (primary N) is 1. The van der Waals surface area contributed by atoms with Gasteiger partial charge in [-0.25, -0.2) is 15.0 Å². The van der Waals surface area contributed by atoms with E-state index < -0.39 is 0 Å². The van der Waals surface area contributed by atoms with Crippen LogP contribution in [0.5, 0.6) is 0 Å². The van der Waals surface area contributed by atoms with Crippen molar-refractivity contribution in [3.05, 3.63) is 84.6 Å². The average molecular weight is 432 g/mol. The summed E-state index contributed by atoms with van der Waals surface area (Å²) in [4.78, 5) is 14.1. The van der Waals surface area contributed by atoms with E-state index >= 15 is 0 Å². The molecular weight excluding hydrogens is 412 g/mol. The fourth-order valence-electron chi connectivity index (χ4n) is 4.02. The molecule has 0 fully saturated rings. The maximum atomic E-state index is 6.23. The van der Waals surface area contributed by atoms with E-state index in [-0.39, 0.29) is 0 Å². The molecule has 0 radical (unpaired) electrons. The molecule has 33 heavy (non-hydrogen) atoms. The molecule has 0 aliphatic carbocycles. The molecule has 0 spiro atoms. The van der Waals surface area contributed by atoms with Crippen molar-refractivity contribution in [3.8, 4) is 22.9 Å². The normalized spacial score (nSPS) is 11.4. The third-order valence-corrected chi connectivity index (χ3v) is 5.74. The maximum absolute atomic E-state index is 6.23. The predicted octanol–water partition coefficient (Wildman–Crippen LogP) is 4.36. The first kappa shape index (κ1) is 19.1. The summed E-state index contributed by atoms with van der Waals surface area (Å²) in [6.45, 7) is 2.14. The Kier molecular flexibility index (Phi) is 4.36. The van der Waals surface area contributed by atoms with Crippen molar-refractivity contribution in [2.45, 2.75) is 13.3 Å². The summed E-state index contributed by atoms with van der Waals surface area (Å²) in [7, 11) is 0. The van der Waals surface area contributed by atoms with Crippen LogP contribution in [0.25, 0.3) is 45.1 Å². The molecule has 0 saturated heterocycles. The van der Waals surface area contributed by atoms with Gasteiger partial charge in [0.25, 0.3) is 0 Å². The second kappa shape index (κ2) is 7.52. The maximum Gasteiger partial charge on any atom is 0.167 e. The van der Waals surface area contributed by atoms with Crippen LogP contribution in [0, 0.1) is 0 Å². The summed E-state index contributed by atoms with van der Waals surface area (Å²) in [5.74, 6) is 1.77. The van der Waals surface area contributed by atoms with Crippen LogP contribution in [0.1, 0.15) is 12.5 Å². The molecule has 160 valence electrons. The number of imidazole rings is 1.